The third-order valence-corrected chi connectivity index (χ3v) is 6.86. The van der Waals surface area contributed by atoms with Crippen LogP contribution in [0.2, 0.25) is 0 Å². The highest BCUT2D eigenvalue weighted by Gasteiger charge is 2.41. The summed E-state index contributed by atoms with van der Waals surface area (Å²) in [5, 5.41) is 0. The molecular formula is C17H25NO2S. The van der Waals surface area contributed by atoms with Crippen molar-refractivity contribution in [1.82, 2.24) is 4.31 Å². The molecule has 3 nitrogen and oxygen atoms in total. The summed E-state index contributed by atoms with van der Waals surface area (Å²) < 4.78 is 28.0. The van der Waals surface area contributed by atoms with E-state index in [1.807, 2.05) is 22.5 Å². The molecular weight excluding hydrogens is 282 g/mol. The van der Waals surface area contributed by atoms with Crippen LogP contribution in [-0.4, -0.2) is 24.8 Å². The minimum Gasteiger partial charge on any atom is -0.207 e. The first-order valence-corrected chi connectivity index (χ1v) is 9.67. The Labute approximate surface area is 128 Å². The number of aryl methyl sites for hydroxylation is 2. The molecule has 1 fully saturated rings. The molecule has 0 amide bonds. The Kier molecular flexibility index (Phi) is 4.10. The van der Waals surface area contributed by atoms with Crippen molar-refractivity contribution in [3.63, 3.8) is 0 Å². The third-order valence-electron chi connectivity index (χ3n) is 4.85. The Morgan fingerprint density at radius 2 is 1.81 bits per heavy atom. The molecule has 0 bridgehead atoms. The van der Waals surface area contributed by atoms with E-state index < -0.39 is 10.0 Å². The zero-order valence-electron chi connectivity index (χ0n) is 13.0. The quantitative estimate of drug-likeness (QED) is 0.806. The van der Waals surface area contributed by atoms with Crippen LogP contribution in [0.25, 0.3) is 0 Å². The second-order valence-corrected chi connectivity index (χ2v) is 8.16. The highest BCUT2D eigenvalue weighted by Crippen LogP contribution is 2.36. The Hall–Kier alpha value is -0.870. The van der Waals surface area contributed by atoms with Crippen LogP contribution in [0.5, 0.6) is 0 Å². The van der Waals surface area contributed by atoms with Gasteiger partial charge >= 0.3 is 0 Å². The van der Waals surface area contributed by atoms with Gasteiger partial charge in [-0.2, -0.15) is 4.31 Å². The van der Waals surface area contributed by atoms with Gasteiger partial charge in [0.15, 0.2) is 0 Å². The van der Waals surface area contributed by atoms with Gasteiger partial charge in [0, 0.05) is 12.1 Å². The molecule has 116 valence electrons. The molecule has 21 heavy (non-hydrogen) atoms. The fourth-order valence-corrected chi connectivity index (χ4v) is 5.57. The average Bonchev–Trinajstić information content (AvgIpc) is 3.19. The molecule has 1 saturated carbocycles. The van der Waals surface area contributed by atoms with Crippen LogP contribution in [0.1, 0.15) is 57.1 Å². The van der Waals surface area contributed by atoms with Crippen molar-refractivity contribution in [1.29, 1.82) is 0 Å². The van der Waals surface area contributed by atoms with Crippen molar-refractivity contribution < 1.29 is 8.42 Å². The topological polar surface area (TPSA) is 37.4 Å². The molecule has 2 aliphatic carbocycles. The minimum atomic E-state index is -3.35. The molecule has 0 heterocycles. The lowest BCUT2D eigenvalue weighted by molar-refractivity contribution is 0.295. The zero-order valence-corrected chi connectivity index (χ0v) is 13.8. The largest absolute Gasteiger partial charge is 0.243 e. The maximum absolute atomic E-state index is 13.1. The van der Waals surface area contributed by atoms with Gasteiger partial charge in [0.05, 0.1) is 4.90 Å². The van der Waals surface area contributed by atoms with E-state index in [0.29, 0.717) is 4.90 Å². The SMILES string of the molecule is CCC(CC)N(C1CC1)S(=O)(=O)c1ccc2c(c1)CCC2. The van der Waals surface area contributed by atoms with E-state index in [-0.39, 0.29) is 12.1 Å². The van der Waals surface area contributed by atoms with Gasteiger partial charge in [-0.25, -0.2) is 8.42 Å². The Balaban J connectivity index is 1.97. The molecule has 0 aliphatic heterocycles. The second kappa shape index (κ2) is 5.73. The van der Waals surface area contributed by atoms with E-state index in [1.165, 1.54) is 11.1 Å². The average molecular weight is 307 g/mol. The minimum absolute atomic E-state index is 0.135. The maximum atomic E-state index is 13.1. The van der Waals surface area contributed by atoms with Crippen molar-refractivity contribution in [2.45, 2.75) is 75.8 Å². The van der Waals surface area contributed by atoms with Gasteiger partial charge in [-0.3, -0.25) is 0 Å². The molecule has 3 rings (SSSR count). The highest BCUT2D eigenvalue weighted by atomic mass is 32.2. The van der Waals surface area contributed by atoms with Crippen molar-refractivity contribution in [2.75, 3.05) is 0 Å². The smallest absolute Gasteiger partial charge is 0.207 e. The molecule has 0 aromatic heterocycles. The van der Waals surface area contributed by atoms with Crippen LogP contribution >= 0.6 is 0 Å². The number of rotatable bonds is 6. The zero-order chi connectivity index (χ0) is 15.0. The molecule has 4 heteroatoms. The van der Waals surface area contributed by atoms with Gasteiger partial charge < -0.3 is 0 Å². The van der Waals surface area contributed by atoms with Gasteiger partial charge in [-0.1, -0.05) is 19.9 Å². The summed E-state index contributed by atoms with van der Waals surface area (Å²) in [7, 11) is -3.35. The lowest BCUT2D eigenvalue weighted by atomic mass is 10.1. The first-order chi connectivity index (χ1) is 10.1. The Morgan fingerprint density at radius 1 is 1.14 bits per heavy atom. The van der Waals surface area contributed by atoms with E-state index in [1.54, 1.807) is 0 Å². The number of fused-ring (bicyclic) bond motifs is 1. The summed E-state index contributed by atoms with van der Waals surface area (Å²) in [6.45, 7) is 4.17. The lowest BCUT2D eigenvalue weighted by Gasteiger charge is -2.29. The van der Waals surface area contributed by atoms with Gasteiger partial charge in [0.25, 0.3) is 0 Å². The van der Waals surface area contributed by atoms with Gasteiger partial charge in [-0.15, -0.1) is 0 Å². The highest BCUT2D eigenvalue weighted by molar-refractivity contribution is 7.89. The maximum Gasteiger partial charge on any atom is 0.243 e. The molecule has 1 aromatic carbocycles. The van der Waals surface area contributed by atoms with Crippen LogP contribution in [-0.2, 0) is 22.9 Å². The van der Waals surface area contributed by atoms with E-state index in [4.69, 9.17) is 0 Å². The van der Waals surface area contributed by atoms with E-state index in [0.717, 1.165) is 44.9 Å². The van der Waals surface area contributed by atoms with Crippen molar-refractivity contribution in [3.8, 4) is 0 Å². The number of sulfonamides is 1. The van der Waals surface area contributed by atoms with Gasteiger partial charge in [-0.05, 0) is 68.2 Å². The summed E-state index contributed by atoms with van der Waals surface area (Å²) in [6.07, 6.45) is 7.06. The number of nitrogens with zero attached hydrogens (tertiary/aromatic N) is 1. The van der Waals surface area contributed by atoms with E-state index >= 15 is 0 Å². The number of hydrogen-bond acceptors (Lipinski definition) is 2. The number of benzene rings is 1. The van der Waals surface area contributed by atoms with E-state index in [2.05, 4.69) is 13.8 Å². The molecule has 0 saturated heterocycles. The summed E-state index contributed by atoms with van der Waals surface area (Å²) in [5.41, 5.74) is 2.56. The fraction of sp³-hybridized carbons (Fsp3) is 0.647. The normalized spacial score (nSPS) is 18.5. The van der Waals surface area contributed by atoms with Crippen LogP contribution in [0, 0.1) is 0 Å². The molecule has 0 spiro atoms. The molecule has 0 N–H and O–H groups in total. The van der Waals surface area contributed by atoms with Crippen molar-refractivity contribution in [2.24, 2.45) is 0 Å². The van der Waals surface area contributed by atoms with E-state index in [9.17, 15) is 8.42 Å². The third kappa shape index (κ3) is 2.76. The molecule has 0 radical (unpaired) electrons. The first-order valence-electron chi connectivity index (χ1n) is 8.23. The van der Waals surface area contributed by atoms with Crippen molar-refractivity contribution in [3.05, 3.63) is 29.3 Å². The summed E-state index contributed by atoms with van der Waals surface area (Å²) in [5.74, 6) is 0. The lowest BCUT2D eigenvalue weighted by Crippen LogP contribution is -2.41. The predicted octanol–water partition coefficient (Wildman–Crippen LogP) is 3.52. The van der Waals surface area contributed by atoms with Crippen LogP contribution in [0.3, 0.4) is 0 Å². The molecule has 0 atom stereocenters. The standard InChI is InChI=1S/C17H25NO2S/c1-3-15(4-2)18(16-9-10-16)21(19,20)17-11-8-13-6-5-7-14(13)12-17/h8,11-12,15-16H,3-7,9-10H2,1-2H3. The summed E-state index contributed by atoms with van der Waals surface area (Å²) >= 11 is 0. The van der Waals surface area contributed by atoms with Gasteiger partial charge in [0.2, 0.25) is 10.0 Å². The van der Waals surface area contributed by atoms with Crippen LogP contribution in [0.15, 0.2) is 23.1 Å². The van der Waals surface area contributed by atoms with Crippen LogP contribution in [0.4, 0.5) is 0 Å². The monoisotopic (exact) mass is 307 g/mol. The first kappa shape index (κ1) is 15.0. The fourth-order valence-electron chi connectivity index (χ4n) is 3.50. The number of hydrogen-bond donors (Lipinski definition) is 0. The Morgan fingerprint density at radius 3 is 2.43 bits per heavy atom. The molecule has 1 aromatic rings. The molecule has 2 aliphatic rings. The predicted molar refractivity (Wildman–Crippen MR) is 84.9 cm³/mol. The van der Waals surface area contributed by atoms with Crippen molar-refractivity contribution >= 4 is 10.0 Å². The van der Waals surface area contributed by atoms with Crippen LogP contribution < -0.4 is 0 Å². The summed E-state index contributed by atoms with van der Waals surface area (Å²) in [6, 6.07) is 6.13. The second-order valence-electron chi connectivity index (χ2n) is 6.32. The Bertz CT molecular complexity index is 616. The summed E-state index contributed by atoms with van der Waals surface area (Å²) in [4.78, 5) is 0.502. The molecule has 0 unspecified atom stereocenters. The van der Waals surface area contributed by atoms with Gasteiger partial charge in [0.1, 0.15) is 0 Å².